The van der Waals surface area contributed by atoms with Crippen LogP contribution in [0, 0.1) is 11.3 Å². The maximum atomic E-state index is 13.1. The Hall–Kier alpha value is -0.570. The molecule has 0 bridgehead atoms. The van der Waals surface area contributed by atoms with Gasteiger partial charge in [-0.3, -0.25) is 9.69 Å². The van der Waals surface area contributed by atoms with E-state index in [2.05, 4.69) is 9.80 Å². The fraction of sp³-hybridized carbons (Fsp3) is 0.947. The summed E-state index contributed by atoms with van der Waals surface area (Å²) in [7, 11) is 0. The van der Waals surface area contributed by atoms with Crippen LogP contribution >= 0.6 is 0 Å². The first-order chi connectivity index (χ1) is 10.8. The number of hydrogen-bond acceptors (Lipinski definition) is 2. The van der Waals surface area contributed by atoms with Gasteiger partial charge in [0.05, 0.1) is 5.41 Å². The van der Waals surface area contributed by atoms with Crippen LogP contribution < -0.4 is 0 Å². The maximum absolute atomic E-state index is 13.1. The summed E-state index contributed by atoms with van der Waals surface area (Å²) in [4.78, 5) is 18.0. The van der Waals surface area contributed by atoms with Gasteiger partial charge < -0.3 is 4.90 Å². The molecule has 0 aromatic rings. The number of nitrogens with zero attached hydrogens (tertiary/aromatic N) is 2. The number of rotatable bonds is 3. The lowest BCUT2D eigenvalue weighted by Gasteiger charge is -2.40. The third-order valence-electron chi connectivity index (χ3n) is 6.72. The van der Waals surface area contributed by atoms with Gasteiger partial charge in [-0.1, -0.05) is 25.7 Å². The van der Waals surface area contributed by atoms with Gasteiger partial charge in [0, 0.05) is 25.7 Å². The van der Waals surface area contributed by atoms with Crippen molar-refractivity contribution in [1.29, 1.82) is 0 Å². The minimum atomic E-state index is -0.000551. The normalized spacial score (nSPS) is 35.3. The van der Waals surface area contributed by atoms with Gasteiger partial charge in [0.15, 0.2) is 0 Å². The zero-order valence-corrected chi connectivity index (χ0v) is 14.1. The Morgan fingerprint density at radius 1 is 0.909 bits per heavy atom. The second-order valence-corrected chi connectivity index (χ2v) is 8.44. The molecule has 2 saturated heterocycles. The van der Waals surface area contributed by atoms with E-state index in [1.807, 2.05) is 0 Å². The van der Waals surface area contributed by atoms with E-state index in [1.165, 1.54) is 64.3 Å². The van der Waals surface area contributed by atoms with Gasteiger partial charge in [-0.05, 0) is 57.4 Å². The van der Waals surface area contributed by atoms with Crippen molar-refractivity contribution in [2.75, 3.05) is 26.2 Å². The summed E-state index contributed by atoms with van der Waals surface area (Å²) in [5.74, 6) is 1.35. The van der Waals surface area contributed by atoms with Gasteiger partial charge in [0.25, 0.3) is 0 Å². The fourth-order valence-electron chi connectivity index (χ4n) is 5.16. The van der Waals surface area contributed by atoms with E-state index in [0.29, 0.717) is 5.91 Å². The topological polar surface area (TPSA) is 23.6 Å². The smallest absolute Gasteiger partial charge is 0.230 e. The molecule has 0 aromatic carbocycles. The van der Waals surface area contributed by atoms with Crippen molar-refractivity contribution in [1.82, 2.24) is 9.80 Å². The van der Waals surface area contributed by atoms with E-state index in [1.54, 1.807) is 0 Å². The minimum absolute atomic E-state index is 0.000551. The van der Waals surface area contributed by atoms with E-state index in [4.69, 9.17) is 0 Å². The number of amides is 1. The van der Waals surface area contributed by atoms with E-state index < -0.39 is 0 Å². The Morgan fingerprint density at radius 3 is 2.41 bits per heavy atom. The minimum Gasteiger partial charge on any atom is -0.342 e. The van der Waals surface area contributed by atoms with Crippen LogP contribution in [0.5, 0.6) is 0 Å². The van der Waals surface area contributed by atoms with Crippen LogP contribution in [0.25, 0.3) is 0 Å². The lowest BCUT2D eigenvalue weighted by atomic mass is 9.78. The zero-order chi connectivity index (χ0) is 15.0. The van der Waals surface area contributed by atoms with Crippen LogP contribution in [-0.4, -0.2) is 47.9 Å². The number of carbonyl (C=O) groups excluding carboxylic acids is 1. The van der Waals surface area contributed by atoms with Crippen molar-refractivity contribution in [2.24, 2.45) is 11.3 Å². The van der Waals surface area contributed by atoms with Gasteiger partial charge in [-0.15, -0.1) is 0 Å². The molecule has 3 nitrogen and oxygen atoms in total. The standard InChI is InChI=1S/C19H32N2O/c22-18-19(10-5-12-20(18)14-16-8-9-16)11-13-21(15-19)17-6-3-1-2-4-7-17/h16-17H,1-15H2. The molecule has 0 radical (unpaired) electrons. The summed E-state index contributed by atoms with van der Waals surface area (Å²) in [6.07, 6.45) is 14.6. The zero-order valence-electron chi connectivity index (χ0n) is 14.1. The molecule has 1 amide bonds. The average molecular weight is 304 g/mol. The van der Waals surface area contributed by atoms with Crippen molar-refractivity contribution < 1.29 is 4.79 Å². The summed E-state index contributed by atoms with van der Waals surface area (Å²) in [6, 6.07) is 0.772. The third kappa shape index (κ3) is 2.93. The molecular weight excluding hydrogens is 272 g/mol. The monoisotopic (exact) mass is 304 g/mol. The van der Waals surface area contributed by atoms with Gasteiger partial charge in [0.1, 0.15) is 0 Å². The quantitative estimate of drug-likeness (QED) is 0.746. The molecule has 2 aliphatic heterocycles. The second kappa shape index (κ2) is 6.14. The Bertz CT molecular complexity index is 412. The van der Waals surface area contributed by atoms with E-state index in [9.17, 15) is 4.79 Å². The second-order valence-electron chi connectivity index (χ2n) is 8.44. The average Bonchev–Trinajstić information content (AvgIpc) is 3.29. The molecule has 0 N–H and O–H groups in total. The molecule has 1 unspecified atom stereocenters. The summed E-state index contributed by atoms with van der Waals surface area (Å²) >= 11 is 0. The lowest BCUT2D eigenvalue weighted by molar-refractivity contribution is -0.146. The first-order valence-corrected chi connectivity index (χ1v) is 9.80. The predicted molar refractivity (Wildman–Crippen MR) is 88.7 cm³/mol. The van der Waals surface area contributed by atoms with Crippen molar-refractivity contribution in [3.8, 4) is 0 Å². The molecule has 4 rings (SSSR count). The molecule has 3 heteroatoms. The fourth-order valence-corrected chi connectivity index (χ4v) is 5.16. The Balaban J connectivity index is 1.41. The molecule has 22 heavy (non-hydrogen) atoms. The van der Waals surface area contributed by atoms with Crippen molar-refractivity contribution in [2.45, 2.75) is 76.7 Å². The molecule has 1 atom stereocenters. The van der Waals surface area contributed by atoms with Crippen LogP contribution in [0.2, 0.25) is 0 Å². The first kappa shape index (κ1) is 15.0. The summed E-state index contributed by atoms with van der Waals surface area (Å²) in [5.41, 5.74) is -0.000551. The highest BCUT2D eigenvalue weighted by Gasteiger charge is 2.49. The molecule has 0 aromatic heterocycles. The van der Waals surface area contributed by atoms with Crippen LogP contribution in [0.3, 0.4) is 0 Å². The highest BCUT2D eigenvalue weighted by molar-refractivity contribution is 5.84. The molecule has 4 fully saturated rings. The molecule has 1 spiro atoms. The Morgan fingerprint density at radius 2 is 1.68 bits per heavy atom. The SMILES string of the molecule is O=C1N(CC2CC2)CCCC12CCN(C1CCCCCC1)C2. The molecule has 2 aliphatic carbocycles. The molecule has 2 heterocycles. The van der Waals surface area contributed by atoms with Crippen LogP contribution in [0.1, 0.15) is 70.6 Å². The van der Waals surface area contributed by atoms with Crippen LogP contribution in [0.4, 0.5) is 0 Å². The summed E-state index contributed by atoms with van der Waals surface area (Å²) in [6.45, 7) is 4.33. The predicted octanol–water partition coefficient (Wildman–Crippen LogP) is 3.43. The van der Waals surface area contributed by atoms with Gasteiger partial charge >= 0.3 is 0 Å². The van der Waals surface area contributed by atoms with E-state index in [-0.39, 0.29) is 5.41 Å². The number of hydrogen-bond donors (Lipinski definition) is 0. The highest BCUT2D eigenvalue weighted by atomic mass is 16.2. The maximum Gasteiger partial charge on any atom is 0.230 e. The molecule has 4 aliphatic rings. The van der Waals surface area contributed by atoms with Gasteiger partial charge in [0.2, 0.25) is 5.91 Å². The molecule has 2 saturated carbocycles. The largest absolute Gasteiger partial charge is 0.342 e. The number of likely N-dealkylation sites (tertiary alicyclic amines) is 2. The highest BCUT2D eigenvalue weighted by Crippen LogP contribution is 2.43. The summed E-state index contributed by atoms with van der Waals surface area (Å²) < 4.78 is 0. The van der Waals surface area contributed by atoms with Crippen molar-refractivity contribution in [3.05, 3.63) is 0 Å². The molecule has 124 valence electrons. The van der Waals surface area contributed by atoms with Gasteiger partial charge in [-0.2, -0.15) is 0 Å². The van der Waals surface area contributed by atoms with Crippen molar-refractivity contribution in [3.63, 3.8) is 0 Å². The summed E-state index contributed by atoms with van der Waals surface area (Å²) in [5, 5.41) is 0. The number of piperidine rings is 1. The Labute approximate surface area is 135 Å². The van der Waals surface area contributed by atoms with Gasteiger partial charge in [-0.25, -0.2) is 0 Å². The van der Waals surface area contributed by atoms with Crippen LogP contribution in [0.15, 0.2) is 0 Å². The van der Waals surface area contributed by atoms with E-state index in [0.717, 1.165) is 44.4 Å². The number of carbonyl (C=O) groups is 1. The third-order valence-corrected chi connectivity index (χ3v) is 6.72. The first-order valence-electron chi connectivity index (χ1n) is 9.80. The van der Waals surface area contributed by atoms with Crippen LogP contribution in [-0.2, 0) is 4.79 Å². The molecular formula is C19H32N2O. The lowest BCUT2D eigenvalue weighted by Crippen LogP contribution is -2.51. The Kier molecular flexibility index (Phi) is 4.19. The van der Waals surface area contributed by atoms with Crippen molar-refractivity contribution >= 4 is 5.91 Å². The van der Waals surface area contributed by atoms with E-state index >= 15 is 0 Å².